The van der Waals surface area contributed by atoms with E-state index in [1.165, 1.54) is 103 Å². The van der Waals surface area contributed by atoms with E-state index in [4.69, 9.17) is 23.3 Å². The average Bonchev–Trinajstić information content (AvgIpc) is 3.28. The molecule has 0 saturated heterocycles. The van der Waals surface area contributed by atoms with E-state index in [0.29, 0.717) is 19.3 Å². The molecule has 0 bridgehead atoms. The van der Waals surface area contributed by atoms with Crippen molar-refractivity contribution in [1.82, 2.24) is 0 Å². The highest BCUT2D eigenvalue weighted by Crippen LogP contribution is 2.43. The molecule has 0 aromatic rings. The molecule has 0 rings (SSSR count). The second-order valence-electron chi connectivity index (χ2n) is 17.0. The summed E-state index contributed by atoms with van der Waals surface area (Å²) in [6.07, 6.45) is 46.7. The maximum Gasteiger partial charge on any atom is 0.472 e. The Morgan fingerprint density at radius 1 is 0.453 bits per heavy atom. The maximum atomic E-state index is 12.8. The molecule has 11 nitrogen and oxygen atoms in total. The van der Waals surface area contributed by atoms with Crippen LogP contribution in [0.3, 0.4) is 0 Å². The van der Waals surface area contributed by atoms with Gasteiger partial charge in [-0.25, -0.2) is 4.57 Å². The van der Waals surface area contributed by atoms with Crippen LogP contribution >= 0.6 is 7.82 Å². The van der Waals surface area contributed by atoms with E-state index in [0.717, 1.165) is 64.2 Å². The minimum Gasteiger partial charge on any atom is -0.462 e. The largest absolute Gasteiger partial charge is 0.472 e. The molecular formula is C52H93O11P. The Morgan fingerprint density at radius 2 is 0.812 bits per heavy atom. The van der Waals surface area contributed by atoms with E-state index in [-0.39, 0.29) is 25.9 Å². The molecule has 0 fully saturated rings. The van der Waals surface area contributed by atoms with Crippen LogP contribution in [0.25, 0.3) is 0 Å². The smallest absolute Gasteiger partial charge is 0.462 e. The van der Waals surface area contributed by atoms with E-state index in [9.17, 15) is 28.9 Å². The number of hydrogen-bond acceptors (Lipinski definition) is 10. The number of rotatable bonds is 47. The topological polar surface area (TPSA) is 155 Å². The molecule has 0 aliphatic heterocycles. The van der Waals surface area contributed by atoms with Crippen molar-refractivity contribution < 1.29 is 52.2 Å². The zero-order valence-corrected chi connectivity index (χ0v) is 41.6. The standard InChI is InChI=1S/C52H93O11P/c1-4-7-10-13-16-19-22-24-27-29-32-35-38-41-50(54)59-45-49(63-52(56)43-40-37-34-31-28-25-23-20-17-14-11-8-5-2)47-61-64(57,58)60-46-48(44-53)62-51(55)42-39-36-33-30-26-21-18-15-12-9-6-3/h7,10,16,19,24,27,32,35,48-49,53H,4-6,8-9,11-15,17-18,20-23,25-26,28-31,33-34,36-47H2,1-3H3,(H,57,58)/b10-7-,19-16-,27-24-,35-32-. The van der Waals surface area contributed by atoms with Crippen molar-refractivity contribution in [3.8, 4) is 0 Å². The first-order chi connectivity index (χ1) is 31.2. The molecule has 64 heavy (non-hydrogen) atoms. The minimum atomic E-state index is -4.75. The fourth-order valence-corrected chi connectivity index (χ4v) is 7.68. The molecule has 0 aliphatic rings. The van der Waals surface area contributed by atoms with Gasteiger partial charge in [0.1, 0.15) is 12.7 Å². The Labute approximate surface area is 390 Å². The number of allylic oxidation sites excluding steroid dienone is 8. The van der Waals surface area contributed by atoms with Gasteiger partial charge in [0.05, 0.1) is 19.8 Å². The second kappa shape index (κ2) is 47.0. The third-order valence-corrected chi connectivity index (χ3v) is 11.7. The van der Waals surface area contributed by atoms with Crippen LogP contribution in [0.1, 0.15) is 226 Å². The SMILES string of the molecule is CC/C=C\C/C=C\C/C=C\C/C=C\CCC(=O)OCC(COP(=O)(O)OCC(CO)OC(=O)CCCCCCCCCCCCC)OC(=O)CCCCCCCCCCCCCCC. The van der Waals surface area contributed by atoms with Gasteiger partial charge < -0.3 is 24.2 Å². The maximum absolute atomic E-state index is 12.8. The lowest BCUT2D eigenvalue weighted by Gasteiger charge is -2.21. The number of hydrogen-bond donors (Lipinski definition) is 2. The Morgan fingerprint density at radius 3 is 1.22 bits per heavy atom. The molecule has 0 heterocycles. The number of aliphatic hydroxyl groups is 1. The molecule has 2 N–H and O–H groups in total. The number of unbranched alkanes of at least 4 members (excludes halogenated alkanes) is 22. The number of esters is 3. The summed E-state index contributed by atoms with van der Waals surface area (Å²) in [4.78, 5) is 48.2. The van der Waals surface area contributed by atoms with Crippen molar-refractivity contribution in [1.29, 1.82) is 0 Å². The fourth-order valence-electron chi connectivity index (χ4n) is 6.90. The first-order valence-electron chi connectivity index (χ1n) is 25.5. The summed E-state index contributed by atoms with van der Waals surface area (Å²) in [5.74, 6) is -1.55. The number of aliphatic hydroxyl groups excluding tert-OH is 1. The summed E-state index contributed by atoms with van der Waals surface area (Å²) in [5, 5.41) is 9.75. The Hall–Kier alpha value is -2.56. The van der Waals surface area contributed by atoms with Gasteiger partial charge in [0.15, 0.2) is 6.10 Å². The van der Waals surface area contributed by atoms with E-state index in [1.54, 1.807) is 0 Å². The number of phosphoric acid groups is 1. The van der Waals surface area contributed by atoms with Crippen molar-refractivity contribution >= 4 is 25.7 Å². The molecule has 3 atom stereocenters. The summed E-state index contributed by atoms with van der Waals surface area (Å²) in [5.41, 5.74) is 0. The molecule has 0 radical (unpaired) electrons. The van der Waals surface area contributed by atoms with Gasteiger partial charge in [-0.15, -0.1) is 0 Å². The molecule has 0 spiro atoms. The lowest BCUT2D eigenvalue weighted by Crippen LogP contribution is -2.30. The van der Waals surface area contributed by atoms with Crippen LogP contribution in [0, 0.1) is 0 Å². The van der Waals surface area contributed by atoms with Crippen LogP contribution in [0.5, 0.6) is 0 Å². The second-order valence-corrected chi connectivity index (χ2v) is 18.4. The molecule has 3 unspecified atom stereocenters. The highest BCUT2D eigenvalue weighted by atomic mass is 31.2. The van der Waals surface area contributed by atoms with Crippen LogP contribution in [-0.4, -0.2) is 66.5 Å². The van der Waals surface area contributed by atoms with E-state index < -0.39 is 57.8 Å². The Kier molecular flexibility index (Phi) is 45.1. The highest BCUT2D eigenvalue weighted by molar-refractivity contribution is 7.47. The normalized spacial score (nSPS) is 13.9. The predicted molar refractivity (Wildman–Crippen MR) is 261 cm³/mol. The summed E-state index contributed by atoms with van der Waals surface area (Å²) in [7, 11) is -4.75. The molecule has 0 aromatic carbocycles. The molecule has 0 aromatic heterocycles. The average molecular weight is 925 g/mol. The Bertz CT molecular complexity index is 1260. The number of carbonyl (C=O) groups excluding carboxylic acids is 3. The van der Waals surface area contributed by atoms with Crippen LogP contribution in [0.2, 0.25) is 0 Å². The number of carbonyl (C=O) groups is 3. The van der Waals surface area contributed by atoms with Gasteiger partial charge in [-0.3, -0.25) is 23.4 Å². The summed E-state index contributed by atoms with van der Waals surface area (Å²) in [6.45, 7) is 4.43. The zero-order valence-electron chi connectivity index (χ0n) is 40.7. The van der Waals surface area contributed by atoms with E-state index >= 15 is 0 Å². The molecule has 0 aliphatic carbocycles. The zero-order chi connectivity index (χ0) is 47.0. The van der Waals surface area contributed by atoms with Gasteiger partial charge in [-0.05, 0) is 44.9 Å². The first kappa shape index (κ1) is 61.4. The van der Waals surface area contributed by atoms with Crippen LogP contribution in [-0.2, 0) is 42.2 Å². The molecule has 12 heteroatoms. The molecule has 0 saturated carbocycles. The van der Waals surface area contributed by atoms with Crippen molar-refractivity contribution in [3.63, 3.8) is 0 Å². The molecular weight excluding hydrogens is 832 g/mol. The van der Waals surface area contributed by atoms with Crippen molar-refractivity contribution in [2.45, 2.75) is 238 Å². The number of phosphoric ester groups is 1. The van der Waals surface area contributed by atoms with Crippen LogP contribution in [0.4, 0.5) is 0 Å². The van der Waals surface area contributed by atoms with Crippen molar-refractivity contribution in [2.24, 2.45) is 0 Å². The van der Waals surface area contributed by atoms with E-state index in [2.05, 4.69) is 57.2 Å². The van der Waals surface area contributed by atoms with Crippen molar-refractivity contribution in [2.75, 3.05) is 26.4 Å². The van der Waals surface area contributed by atoms with Gasteiger partial charge in [-0.2, -0.15) is 0 Å². The predicted octanol–water partition coefficient (Wildman–Crippen LogP) is 14.2. The van der Waals surface area contributed by atoms with Gasteiger partial charge in [0.2, 0.25) is 0 Å². The molecule has 372 valence electrons. The number of ether oxygens (including phenoxy) is 3. The quantitative estimate of drug-likeness (QED) is 0.0197. The summed E-state index contributed by atoms with van der Waals surface area (Å²) < 4.78 is 39.2. The van der Waals surface area contributed by atoms with Crippen LogP contribution < -0.4 is 0 Å². The van der Waals surface area contributed by atoms with Crippen molar-refractivity contribution in [3.05, 3.63) is 48.6 Å². The van der Waals surface area contributed by atoms with Gasteiger partial charge >= 0.3 is 25.7 Å². The van der Waals surface area contributed by atoms with Gasteiger partial charge in [0.25, 0.3) is 0 Å². The molecule has 0 amide bonds. The first-order valence-corrected chi connectivity index (χ1v) is 27.0. The van der Waals surface area contributed by atoms with E-state index in [1.807, 2.05) is 12.2 Å². The monoisotopic (exact) mass is 925 g/mol. The minimum absolute atomic E-state index is 0.108. The third kappa shape index (κ3) is 44.6. The van der Waals surface area contributed by atoms with Gasteiger partial charge in [0, 0.05) is 19.3 Å². The summed E-state index contributed by atoms with van der Waals surface area (Å²) in [6, 6.07) is 0. The van der Waals surface area contributed by atoms with Crippen LogP contribution in [0.15, 0.2) is 48.6 Å². The summed E-state index contributed by atoms with van der Waals surface area (Å²) >= 11 is 0. The lowest BCUT2D eigenvalue weighted by molar-refractivity contribution is -0.161. The third-order valence-electron chi connectivity index (χ3n) is 10.8. The lowest BCUT2D eigenvalue weighted by atomic mass is 10.0. The fraction of sp³-hybridized carbons (Fsp3) is 0.788. The van der Waals surface area contributed by atoms with Gasteiger partial charge in [-0.1, -0.05) is 211 Å². The Balaban J connectivity index is 4.81. The highest BCUT2D eigenvalue weighted by Gasteiger charge is 2.28.